The first-order chi connectivity index (χ1) is 8.15. The van der Waals surface area contributed by atoms with Gasteiger partial charge >= 0.3 is 0 Å². The Hall–Kier alpha value is -1.31. The zero-order valence-corrected chi connectivity index (χ0v) is 10.6. The SMILES string of the molecule is C#CCSCCNC(C)c1ccc(O)cc1O. The second-order valence-corrected chi connectivity index (χ2v) is 4.78. The van der Waals surface area contributed by atoms with E-state index in [9.17, 15) is 10.2 Å². The van der Waals surface area contributed by atoms with E-state index in [1.54, 1.807) is 23.9 Å². The third kappa shape index (κ3) is 4.59. The lowest BCUT2D eigenvalue weighted by atomic mass is 10.1. The van der Waals surface area contributed by atoms with Crippen molar-refractivity contribution in [2.75, 3.05) is 18.1 Å². The van der Waals surface area contributed by atoms with Crippen molar-refractivity contribution in [2.24, 2.45) is 0 Å². The van der Waals surface area contributed by atoms with Gasteiger partial charge in [0.15, 0.2) is 0 Å². The fourth-order valence-corrected chi connectivity index (χ4v) is 2.01. The summed E-state index contributed by atoms with van der Waals surface area (Å²) in [6.07, 6.45) is 5.15. The van der Waals surface area contributed by atoms with Crippen LogP contribution in [0.4, 0.5) is 0 Å². The minimum Gasteiger partial charge on any atom is -0.508 e. The number of thioether (sulfide) groups is 1. The third-order valence-electron chi connectivity index (χ3n) is 2.36. The molecule has 0 amide bonds. The molecule has 17 heavy (non-hydrogen) atoms. The molecule has 92 valence electrons. The Bertz CT molecular complexity index is 401. The zero-order valence-electron chi connectivity index (χ0n) is 9.81. The van der Waals surface area contributed by atoms with Crippen LogP contribution in [0.5, 0.6) is 11.5 Å². The van der Waals surface area contributed by atoms with Gasteiger partial charge in [-0.15, -0.1) is 18.2 Å². The first kappa shape index (κ1) is 13.8. The minimum atomic E-state index is 0.0436. The van der Waals surface area contributed by atoms with E-state index in [2.05, 4.69) is 11.2 Å². The molecule has 3 N–H and O–H groups in total. The molecule has 0 aliphatic carbocycles. The second-order valence-electron chi connectivity index (χ2n) is 3.68. The Morgan fingerprint density at radius 1 is 1.47 bits per heavy atom. The van der Waals surface area contributed by atoms with Crippen LogP contribution < -0.4 is 5.32 Å². The van der Waals surface area contributed by atoms with Crippen LogP contribution in [0.3, 0.4) is 0 Å². The van der Waals surface area contributed by atoms with Crippen LogP contribution in [0.1, 0.15) is 18.5 Å². The fourth-order valence-electron chi connectivity index (χ4n) is 1.49. The van der Waals surface area contributed by atoms with E-state index in [0.717, 1.165) is 23.6 Å². The van der Waals surface area contributed by atoms with Crippen molar-refractivity contribution < 1.29 is 10.2 Å². The molecule has 0 radical (unpaired) electrons. The van der Waals surface area contributed by atoms with Gasteiger partial charge in [0.2, 0.25) is 0 Å². The number of terminal acetylenes is 1. The number of rotatable bonds is 6. The van der Waals surface area contributed by atoms with E-state index in [4.69, 9.17) is 6.42 Å². The van der Waals surface area contributed by atoms with E-state index < -0.39 is 0 Å². The summed E-state index contributed by atoms with van der Waals surface area (Å²) >= 11 is 1.70. The summed E-state index contributed by atoms with van der Waals surface area (Å²) in [6, 6.07) is 4.68. The monoisotopic (exact) mass is 251 g/mol. The van der Waals surface area contributed by atoms with Gasteiger partial charge < -0.3 is 15.5 Å². The van der Waals surface area contributed by atoms with Gasteiger partial charge in [0.05, 0.1) is 5.75 Å². The average Bonchev–Trinajstić information content (AvgIpc) is 2.28. The average molecular weight is 251 g/mol. The number of nitrogens with one attached hydrogen (secondary N) is 1. The summed E-state index contributed by atoms with van der Waals surface area (Å²) in [5.74, 6) is 4.42. The standard InChI is InChI=1S/C13H17NO2S/c1-3-7-17-8-6-14-10(2)12-5-4-11(15)9-13(12)16/h1,4-5,9-10,14-16H,6-8H2,2H3. The molecule has 1 rings (SSSR count). The predicted octanol–water partition coefficient (Wildman–Crippen LogP) is 2.11. The van der Waals surface area contributed by atoms with E-state index >= 15 is 0 Å². The smallest absolute Gasteiger partial charge is 0.124 e. The highest BCUT2D eigenvalue weighted by atomic mass is 32.2. The highest BCUT2D eigenvalue weighted by Crippen LogP contribution is 2.27. The summed E-state index contributed by atoms with van der Waals surface area (Å²) < 4.78 is 0. The number of phenols is 2. The van der Waals surface area contributed by atoms with Crippen LogP contribution in [0.2, 0.25) is 0 Å². The molecule has 1 unspecified atom stereocenters. The summed E-state index contributed by atoms with van der Waals surface area (Å²) in [5, 5.41) is 22.1. The molecule has 0 aliphatic rings. The van der Waals surface area contributed by atoms with Gasteiger partial charge in [-0.25, -0.2) is 0 Å². The van der Waals surface area contributed by atoms with E-state index in [1.807, 2.05) is 6.92 Å². The maximum Gasteiger partial charge on any atom is 0.124 e. The summed E-state index contributed by atoms with van der Waals surface area (Å²) in [7, 11) is 0. The summed E-state index contributed by atoms with van der Waals surface area (Å²) in [6.45, 7) is 2.80. The maximum absolute atomic E-state index is 9.67. The van der Waals surface area contributed by atoms with Crippen molar-refractivity contribution in [3.05, 3.63) is 23.8 Å². The molecular weight excluding hydrogens is 234 g/mol. The Morgan fingerprint density at radius 3 is 2.88 bits per heavy atom. The van der Waals surface area contributed by atoms with Crippen LogP contribution in [0.25, 0.3) is 0 Å². The number of phenolic OH excluding ortho intramolecular Hbond substituents is 2. The van der Waals surface area contributed by atoms with Gasteiger partial charge in [0.25, 0.3) is 0 Å². The van der Waals surface area contributed by atoms with Crippen molar-refractivity contribution in [3.8, 4) is 23.8 Å². The van der Waals surface area contributed by atoms with E-state index in [-0.39, 0.29) is 17.5 Å². The lowest BCUT2D eigenvalue weighted by Crippen LogP contribution is -2.21. The van der Waals surface area contributed by atoms with E-state index in [0.29, 0.717) is 0 Å². The Labute approximate surface area is 106 Å². The number of aromatic hydroxyl groups is 2. The molecular formula is C13H17NO2S. The van der Waals surface area contributed by atoms with Crippen molar-refractivity contribution >= 4 is 11.8 Å². The molecule has 0 spiro atoms. The van der Waals surface area contributed by atoms with Gasteiger partial charge in [-0.3, -0.25) is 0 Å². The quantitative estimate of drug-likeness (QED) is 0.535. The van der Waals surface area contributed by atoms with Gasteiger partial charge in [0, 0.05) is 30.0 Å². The third-order valence-corrected chi connectivity index (χ3v) is 3.23. The Kier molecular flexibility index (Phi) is 5.75. The second kappa shape index (κ2) is 7.10. The van der Waals surface area contributed by atoms with Crippen LogP contribution in [0, 0.1) is 12.3 Å². The number of hydrogen-bond acceptors (Lipinski definition) is 4. The van der Waals surface area contributed by atoms with E-state index in [1.165, 1.54) is 6.07 Å². The molecule has 0 saturated carbocycles. The topological polar surface area (TPSA) is 52.5 Å². The molecule has 4 heteroatoms. The lowest BCUT2D eigenvalue weighted by Gasteiger charge is -2.15. The molecule has 0 saturated heterocycles. The minimum absolute atomic E-state index is 0.0436. The van der Waals surface area contributed by atoms with Crippen molar-refractivity contribution in [1.82, 2.24) is 5.32 Å². The molecule has 0 aromatic heterocycles. The van der Waals surface area contributed by atoms with Crippen LogP contribution in [-0.2, 0) is 0 Å². The molecule has 1 atom stereocenters. The Morgan fingerprint density at radius 2 is 2.24 bits per heavy atom. The highest BCUT2D eigenvalue weighted by molar-refractivity contribution is 7.99. The predicted molar refractivity (Wildman–Crippen MR) is 72.3 cm³/mol. The van der Waals surface area contributed by atoms with Crippen LogP contribution in [0.15, 0.2) is 18.2 Å². The largest absolute Gasteiger partial charge is 0.508 e. The highest BCUT2D eigenvalue weighted by Gasteiger charge is 2.09. The molecule has 3 nitrogen and oxygen atoms in total. The first-order valence-corrected chi connectivity index (χ1v) is 6.57. The molecule has 1 aromatic rings. The molecule has 0 aliphatic heterocycles. The fraction of sp³-hybridized carbons (Fsp3) is 0.385. The van der Waals surface area contributed by atoms with Crippen molar-refractivity contribution in [1.29, 1.82) is 0 Å². The number of benzene rings is 1. The normalized spacial score (nSPS) is 12.0. The summed E-state index contributed by atoms with van der Waals surface area (Å²) in [5.41, 5.74) is 0.782. The van der Waals surface area contributed by atoms with Crippen LogP contribution >= 0.6 is 11.8 Å². The molecule has 1 aromatic carbocycles. The van der Waals surface area contributed by atoms with Crippen LogP contribution in [-0.4, -0.2) is 28.3 Å². The van der Waals surface area contributed by atoms with Gasteiger partial charge in [-0.05, 0) is 13.0 Å². The maximum atomic E-state index is 9.67. The van der Waals surface area contributed by atoms with Gasteiger partial charge in [0.1, 0.15) is 11.5 Å². The first-order valence-electron chi connectivity index (χ1n) is 5.41. The Balaban J connectivity index is 2.42. The lowest BCUT2D eigenvalue weighted by molar-refractivity contribution is 0.437. The summed E-state index contributed by atoms with van der Waals surface area (Å²) in [4.78, 5) is 0. The van der Waals surface area contributed by atoms with Gasteiger partial charge in [-0.2, -0.15) is 0 Å². The molecule has 0 fully saturated rings. The van der Waals surface area contributed by atoms with Crippen molar-refractivity contribution in [3.63, 3.8) is 0 Å². The van der Waals surface area contributed by atoms with Crippen molar-refractivity contribution in [2.45, 2.75) is 13.0 Å². The number of hydrogen-bond donors (Lipinski definition) is 3. The van der Waals surface area contributed by atoms with Gasteiger partial charge in [-0.1, -0.05) is 12.0 Å². The molecule has 0 bridgehead atoms. The zero-order chi connectivity index (χ0) is 12.7. The molecule has 0 heterocycles.